The number of hydrogen-bond donors (Lipinski definition) is 2. The zero-order valence-electron chi connectivity index (χ0n) is 20.2. The first-order chi connectivity index (χ1) is 17.4. The fourth-order valence-corrected chi connectivity index (χ4v) is 4.60. The number of aryl methyl sites for hydroxylation is 2. The maximum atomic E-state index is 13.5. The van der Waals surface area contributed by atoms with Gasteiger partial charge in [-0.2, -0.15) is 0 Å². The SMILES string of the molecule is CCOC(=O)c1c(-c2ccc(C)cc2)csc1N[C@H](NC(=O)c1ccco1)C(=O)c1ccc(C)cc1. The van der Waals surface area contributed by atoms with E-state index in [0.717, 1.165) is 16.7 Å². The lowest BCUT2D eigenvalue weighted by Crippen LogP contribution is -2.46. The zero-order valence-corrected chi connectivity index (χ0v) is 21.0. The summed E-state index contributed by atoms with van der Waals surface area (Å²) in [6, 6.07) is 17.9. The molecule has 4 aromatic rings. The predicted molar refractivity (Wildman–Crippen MR) is 140 cm³/mol. The van der Waals surface area contributed by atoms with Crippen LogP contribution in [0.3, 0.4) is 0 Å². The summed E-state index contributed by atoms with van der Waals surface area (Å²) in [5.74, 6) is -1.38. The molecule has 0 unspecified atom stereocenters. The summed E-state index contributed by atoms with van der Waals surface area (Å²) in [4.78, 5) is 39.3. The van der Waals surface area contributed by atoms with Gasteiger partial charge in [0.05, 0.1) is 12.9 Å². The molecule has 0 aliphatic rings. The van der Waals surface area contributed by atoms with Crippen LogP contribution in [0.2, 0.25) is 0 Å². The molecule has 36 heavy (non-hydrogen) atoms. The normalized spacial score (nSPS) is 11.5. The molecule has 7 nitrogen and oxygen atoms in total. The summed E-state index contributed by atoms with van der Waals surface area (Å²) in [6.07, 6.45) is 0.216. The number of carbonyl (C=O) groups excluding carboxylic acids is 3. The second-order valence-electron chi connectivity index (χ2n) is 8.20. The van der Waals surface area contributed by atoms with Crippen molar-refractivity contribution in [3.8, 4) is 11.1 Å². The van der Waals surface area contributed by atoms with Crippen molar-refractivity contribution < 1.29 is 23.5 Å². The molecular weight excluding hydrogens is 476 g/mol. The minimum absolute atomic E-state index is 0.0654. The number of thiophene rings is 1. The van der Waals surface area contributed by atoms with Crippen LogP contribution in [-0.2, 0) is 4.74 Å². The summed E-state index contributed by atoms with van der Waals surface area (Å²) < 4.78 is 10.5. The largest absolute Gasteiger partial charge is 0.462 e. The van der Waals surface area contributed by atoms with Gasteiger partial charge >= 0.3 is 5.97 Å². The number of rotatable bonds is 9. The third-order valence-corrected chi connectivity index (χ3v) is 6.44. The quantitative estimate of drug-likeness (QED) is 0.169. The fourth-order valence-electron chi connectivity index (χ4n) is 3.61. The van der Waals surface area contributed by atoms with Crippen LogP contribution in [0.5, 0.6) is 0 Å². The number of hydrogen-bond acceptors (Lipinski definition) is 7. The summed E-state index contributed by atoms with van der Waals surface area (Å²) in [7, 11) is 0. The molecule has 2 aromatic carbocycles. The van der Waals surface area contributed by atoms with Crippen LogP contribution >= 0.6 is 11.3 Å². The number of ether oxygens (including phenoxy) is 1. The van der Waals surface area contributed by atoms with Gasteiger partial charge in [-0.25, -0.2) is 4.79 Å². The van der Waals surface area contributed by atoms with Crippen molar-refractivity contribution in [3.05, 3.63) is 100 Å². The number of benzene rings is 2. The summed E-state index contributed by atoms with van der Waals surface area (Å²) in [5, 5.41) is 8.03. The average Bonchev–Trinajstić information content (AvgIpc) is 3.55. The molecule has 0 saturated heterocycles. The number of esters is 1. The summed E-state index contributed by atoms with van der Waals surface area (Å²) in [6.45, 7) is 5.84. The van der Waals surface area contributed by atoms with E-state index in [4.69, 9.17) is 9.15 Å². The van der Waals surface area contributed by atoms with E-state index >= 15 is 0 Å². The van der Waals surface area contributed by atoms with Gasteiger partial charge in [0.25, 0.3) is 5.91 Å². The van der Waals surface area contributed by atoms with E-state index in [1.165, 1.54) is 23.7 Å². The lowest BCUT2D eigenvalue weighted by Gasteiger charge is -2.20. The first-order valence-corrected chi connectivity index (χ1v) is 12.3. The summed E-state index contributed by atoms with van der Waals surface area (Å²) in [5.41, 5.74) is 4.33. The van der Waals surface area contributed by atoms with Gasteiger partial charge in [-0.05, 0) is 38.5 Å². The molecule has 1 amide bonds. The van der Waals surface area contributed by atoms with Crippen molar-refractivity contribution in [2.24, 2.45) is 0 Å². The molecule has 4 rings (SSSR count). The smallest absolute Gasteiger partial charge is 0.341 e. The zero-order chi connectivity index (χ0) is 25.7. The maximum Gasteiger partial charge on any atom is 0.341 e. The minimum atomic E-state index is -1.16. The van der Waals surface area contributed by atoms with E-state index in [2.05, 4.69) is 10.6 Å². The number of amides is 1. The maximum absolute atomic E-state index is 13.5. The van der Waals surface area contributed by atoms with Gasteiger partial charge in [0.2, 0.25) is 5.78 Å². The van der Waals surface area contributed by atoms with E-state index in [0.29, 0.717) is 21.7 Å². The van der Waals surface area contributed by atoms with Gasteiger partial charge in [-0.1, -0.05) is 59.7 Å². The lowest BCUT2D eigenvalue weighted by molar-refractivity contribution is 0.0528. The highest BCUT2D eigenvalue weighted by molar-refractivity contribution is 7.15. The molecule has 184 valence electrons. The molecule has 2 N–H and O–H groups in total. The number of carbonyl (C=O) groups is 3. The highest BCUT2D eigenvalue weighted by atomic mass is 32.1. The highest BCUT2D eigenvalue weighted by Gasteiger charge is 2.28. The standard InChI is InChI=1S/C28H26N2O5S/c1-4-34-28(33)23-21(19-11-7-17(2)8-12-19)16-36-27(23)30-25(29-26(32)22-6-5-15-35-22)24(31)20-13-9-18(3)10-14-20/h5-16,25,30H,4H2,1-3H3,(H,29,32)/t25-/m0/s1. The average molecular weight is 503 g/mol. The number of nitrogens with one attached hydrogen (secondary N) is 2. The van der Waals surface area contributed by atoms with Gasteiger partial charge in [0, 0.05) is 16.5 Å². The Morgan fingerprint density at radius 2 is 1.64 bits per heavy atom. The van der Waals surface area contributed by atoms with Crippen LogP contribution in [0, 0.1) is 13.8 Å². The molecule has 8 heteroatoms. The van der Waals surface area contributed by atoms with E-state index < -0.39 is 18.0 Å². The molecule has 0 fully saturated rings. The molecular formula is C28H26N2O5S. The Morgan fingerprint density at radius 3 is 2.25 bits per heavy atom. The molecule has 2 aromatic heterocycles. The first kappa shape index (κ1) is 24.9. The second-order valence-corrected chi connectivity index (χ2v) is 9.08. The Morgan fingerprint density at radius 1 is 0.972 bits per heavy atom. The van der Waals surface area contributed by atoms with E-state index in [1.54, 1.807) is 25.1 Å². The third-order valence-electron chi connectivity index (χ3n) is 5.53. The Kier molecular flexibility index (Phi) is 7.65. The minimum Gasteiger partial charge on any atom is -0.462 e. The predicted octanol–water partition coefficient (Wildman–Crippen LogP) is 5.85. The Hall–Kier alpha value is -4.17. The Balaban J connectivity index is 1.72. The number of ketones is 1. The van der Waals surface area contributed by atoms with Crippen LogP contribution in [0.25, 0.3) is 11.1 Å². The number of anilines is 1. The van der Waals surface area contributed by atoms with Gasteiger partial charge < -0.3 is 19.8 Å². The molecule has 0 bridgehead atoms. The van der Waals surface area contributed by atoms with Crippen molar-refractivity contribution in [1.82, 2.24) is 5.32 Å². The molecule has 0 saturated carbocycles. The highest BCUT2D eigenvalue weighted by Crippen LogP contribution is 2.37. The molecule has 1 atom stereocenters. The molecule has 0 aliphatic carbocycles. The van der Waals surface area contributed by atoms with Gasteiger partial charge in [-0.3, -0.25) is 9.59 Å². The third kappa shape index (κ3) is 5.55. The van der Waals surface area contributed by atoms with Crippen LogP contribution < -0.4 is 10.6 Å². The van der Waals surface area contributed by atoms with Crippen LogP contribution in [0.15, 0.2) is 76.7 Å². The molecule has 0 spiro atoms. The van der Waals surface area contributed by atoms with Crippen molar-refractivity contribution in [3.63, 3.8) is 0 Å². The van der Waals surface area contributed by atoms with Gasteiger partial charge in [0.15, 0.2) is 11.9 Å². The molecule has 0 radical (unpaired) electrons. The lowest BCUT2D eigenvalue weighted by atomic mass is 10.0. The van der Waals surface area contributed by atoms with Crippen molar-refractivity contribution >= 4 is 34.0 Å². The molecule has 2 heterocycles. The van der Waals surface area contributed by atoms with E-state index in [9.17, 15) is 14.4 Å². The van der Waals surface area contributed by atoms with Crippen molar-refractivity contribution in [2.75, 3.05) is 11.9 Å². The molecule has 0 aliphatic heterocycles. The van der Waals surface area contributed by atoms with E-state index in [1.807, 2.05) is 55.6 Å². The topological polar surface area (TPSA) is 97.6 Å². The first-order valence-electron chi connectivity index (χ1n) is 11.4. The Bertz CT molecular complexity index is 1360. The van der Waals surface area contributed by atoms with Crippen molar-refractivity contribution in [1.29, 1.82) is 0 Å². The van der Waals surface area contributed by atoms with Crippen LogP contribution in [-0.4, -0.2) is 30.4 Å². The van der Waals surface area contributed by atoms with E-state index in [-0.39, 0.29) is 18.2 Å². The second kappa shape index (κ2) is 11.0. The van der Waals surface area contributed by atoms with Gasteiger partial charge in [0.1, 0.15) is 10.6 Å². The van der Waals surface area contributed by atoms with Crippen LogP contribution in [0.1, 0.15) is 49.3 Å². The van der Waals surface area contributed by atoms with Gasteiger partial charge in [-0.15, -0.1) is 11.3 Å². The number of Topliss-reactive ketones (excluding diaryl/α,β-unsaturated/α-hetero) is 1. The van der Waals surface area contributed by atoms with Crippen molar-refractivity contribution in [2.45, 2.75) is 26.9 Å². The van der Waals surface area contributed by atoms with Crippen LogP contribution in [0.4, 0.5) is 5.00 Å². The Labute approximate surface area is 213 Å². The number of furan rings is 1. The monoisotopic (exact) mass is 502 g/mol. The summed E-state index contributed by atoms with van der Waals surface area (Å²) >= 11 is 1.26. The fraction of sp³-hybridized carbons (Fsp3) is 0.179.